The van der Waals surface area contributed by atoms with Gasteiger partial charge in [0.2, 0.25) is 0 Å². The molecule has 1 atom stereocenters. The molecule has 0 aromatic heterocycles. The van der Waals surface area contributed by atoms with Crippen LogP contribution in [0, 0.1) is 0 Å². The van der Waals surface area contributed by atoms with Crippen molar-refractivity contribution in [2.24, 2.45) is 0 Å². The maximum Gasteiger partial charge on any atom is 0.306 e. The van der Waals surface area contributed by atoms with Crippen LogP contribution in [0.15, 0.2) is 84.9 Å². The Morgan fingerprint density at radius 1 is 0.828 bits per heavy atom. The summed E-state index contributed by atoms with van der Waals surface area (Å²) in [6.07, 6.45) is 0.225. The van der Waals surface area contributed by atoms with Gasteiger partial charge < -0.3 is 14.8 Å². The Morgan fingerprint density at radius 2 is 1.41 bits per heavy atom. The fourth-order valence-electron chi connectivity index (χ4n) is 2.78. The van der Waals surface area contributed by atoms with E-state index >= 15 is 0 Å². The van der Waals surface area contributed by atoms with Crippen LogP contribution in [-0.4, -0.2) is 18.5 Å². The van der Waals surface area contributed by atoms with Crippen molar-refractivity contribution in [1.29, 1.82) is 0 Å². The summed E-state index contributed by atoms with van der Waals surface area (Å²) < 4.78 is 10.8. The van der Waals surface area contributed by atoms with Gasteiger partial charge in [0.1, 0.15) is 11.5 Å². The topological polar surface area (TPSA) is 64.6 Å². The van der Waals surface area contributed by atoms with Crippen LogP contribution in [0.1, 0.15) is 24.8 Å². The largest absolute Gasteiger partial charge is 0.457 e. The Kier molecular flexibility index (Phi) is 7.00. The molecule has 0 aliphatic heterocycles. The number of carbonyl (C=O) groups is 2. The van der Waals surface area contributed by atoms with Gasteiger partial charge in [0.05, 0.1) is 6.42 Å². The molecule has 0 aliphatic carbocycles. The van der Waals surface area contributed by atoms with Crippen LogP contribution >= 0.6 is 0 Å². The molecule has 29 heavy (non-hydrogen) atoms. The highest BCUT2D eigenvalue weighted by Gasteiger charge is 2.14. The van der Waals surface area contributed by atoms with Crippen molar-refractivity contribution < 1.29 is 19.1 Å². The highest BCUT2D eigenvalue weighted by atomic mass is 16.5. The summed E-state index contributed by atoms with van der Waals surface area (Å²) in [6.45, 7) is 1.64. The van der Waals surface area contributed by atoms with Crippen molar-refractivity contribution in [3.63, 3.8) is 0 Å². The number of para-hydroxylation sites is 1. The van der Waals surface area contributed by atoms with E-state index in [1.165, 1.54) is 0 Å². The van der Waals surface area contributed by atoms with Crippen LogP contribution in [0.4, 0.5) is 5.69 Å². The monoisotopic (exact) mass is 389 g/mol. The number of hydrogen-bond donors (Lipinski definition) is 1. The fraction of sp³-hybridized carbons (Fsp3) is 0.167. The van der Waals surface area contributed by atoms with Gasteiger partial charge in [-0.2, -0.15) is 0 Å². The number of nitrogens with one attached hydrogen (secondary N) is 1. The van der Waals surface area contributed by atoms with Gasteiger partial charge in [0, 0.05) is 5.69 Å². The summed E-state index contributed by atoms with van der Waals surface area (Å²) in [5.41, 5.74) is 1.66. The summed E-state index contributed by atoms with van der Waals surface area (Å²) in [6, 6.07) is 26.1. The average molecular weight is 389 g/mol. The molecule has 0 radical (unpaired) electrons. The Bertz CT molecular complexity index is 924. The number of benzene rings is 3. The lowest BCUT2D eigenvalue weighted by molar-refractivity contribution is -0.147. The summed E-state index contributed by atoms with van der Waals surface area (Å²) >= 11 is 0. The molecule has 0 saturated heterocycles. The van der Waals surface area contributed by atoms with Gasteiger partial charge in [-0.15, -0.1) is 0 Å². The lowest BCUT2D eigenvalue weighted by Crippen LogP contribution is -2.21. The smallest absolute Gasteiger partial charge is 0.306 e. The minimum absolute atomic E-state index is 0.0314. The molecule has 0 heterocycles. The van der Waals surface area contributed by atoms with E-state index in [1.807, 2.05) is 67.6 Å². The number of anilines is 1. The second kappa shape index (κ2) is 10.1. The molecule has 0 aliphatic rings. The van der Waals surface area contributed by atoms with Crippen LogP contribution in [0.2, 0.25) is 0 Å². The van der Waals surface area contributed by atoms with Crippen LogP contribution in [-0.2, 0) is 14.3 Å². The normalized spacial score (nSPS) is 11.3. The molecule has 0 spiro atoms. The third kappa shape index (κ3) is 6.50. The lowest BCUT2D eigenvalue weighted by atomic mass is 9.98. The first kappa shape index (κ1) is 20.1. The van der Waals surface area contributed by atoms with Crippen LogP contribution < -0.4 is 10.1 Å². The highest BCUT2D eigenvalue weighted by Crippen LogP contribution is 2.22. The minimum Gasteiger partial charge on any atom is -0.457 e. The third-order valence-corrected chi connectivity index (χ3v) is 4.32. The van der Waals surface area contributed by atoms with Gasteiger partial charge in [-0.05, 0) is 47.9 Å². The molecule has 148 valence electrons. The zero-order chi connectivity index (χ0) is 20.5. The molecular formula is C24H23NO4. The summed E-state index contributed by atoms with van der Waals surface area (Å²) in [4.78, 5) is 24.0. The van der Waals surface area contributed by atoms with Gasteiger partial charge >= 0.3 is 5.97 Å². The van der Waals surface area contributed by atoms with Crippen molar-refractivity contribution >= 4 is 17.6 Å². The molecule has 0 saturated carbocycles. The quantitative estimate of drug-likeness (QED) is 0.541. The number of rotatable bonds is 8. The molecule has 3 aromatic rings. The van der Waals surface area contributed by atoms with Crippen molar-refractivity contribution in [2.75, 3.05) is 11.9 Å². The first-order valence-electron chi connectivity index (χ1n) is 9.43. The SMILES string of the molecule is C[C@@H](CC(=O)OCC(=O)Nc1ccc(Oc2ccccc2)cc1)c1ccccc1. The van der Waals surface area contributed by atoms with E-state index in [2.05, 4.69) is 5.32 Å². The van der Waals surface area contributed by atoms with Gasteiger partial charge in [-0.1, -0.05) is 55.5 Å². The van der Waals surface area contributed by atoms with Gasteiger partial charge in [-0.3, -0.25) is 9.59 Å². The predicted octanol–water partition coefficient (Wildman–Crippen LogP) is 5.15. The Balaban J connectivity index is 1.42. The minimum atomic E-state index is -0.400. The number of amides is 1. The van der Waals surface area contributed by atoms with E-state index in [-0.39, 0.29) is 24.9 Å². The molecule has 3 rings (SSSR count). The summed E-state index contributed by atoms with van der Waals surface area (Å²) in [5, 5.41) is 2.70. The number of ether oxygens (including phenoxy) is 2. The van der Waals surface area contributed by atoms with Gasteiger partial charge in [0.15, 0.2) is 6.61 Å². The van der Waals surface area contributed by atoms with Crippen LogP contribution in [0.25, 0.3) is 0 Å². The highest BCUT2D eigenvalue weighted by molar-refractivity contribution is 5.92. The molecule has 3 aromatic carbocycles. The van der Waals surface area contributed by atoms with Crippen molar-refractivity contribution in [3.05, 3.63) is 90.5 Å². The Morgan fingerprint density at radius 3 is 2.07 bits per heavy atom. The zero-order valence-electron chi connectivity index (χ0n) is 16.2. The molecule has 1 amide bonds. The van der Waals surface area contributed by atoms with Crippen LogP contribution in [0.5, 0.6) is 11.5 Å². The lowest BCUT2D eigenvalue weighted by Gasteiger charge is -2.12. The third-order valence-electron chi connectivity index (χ3n) is 4.32. The van der Waals surface area contributed by atoms with E-state index in [0.29, 0.717) is 11.4 Å². The molecule has 5 nitrogen and oxygen atoms in total. The van der Waals surface area contributed by atoms with E-state index in [4.69, 9.17) is 9.47 Å². The van der Waals surface area contributed by atoms with E-state index in [0.717, 1.165) is 11.3 Å². The van der Waals surface area contributed by atoms with Gasteiger partial charge in [0.25, 0.3) is 5.91 Å². The maximum atomic E-state index is 12.0. The fourth-order valence-corrected chi connectivity index (χ4v) is 2.78. The number of esters is 1. The number of hydrogen-bond acceptors (Lipinski definition) is 4. The van der Waals surface area contributed by atoms with Crippen molar-refractivity contribution in [2.45, 2.75) is 19.3 Å². The first-order chi connectivity index (χ1) is 14.1. The Labute approximate surface area is 170 Å². The molecule has 0 bridgehead atoms. The Hall–Kier alpha value is -3.60. The molecule has 0 fully saturated rings. The molecule has 1 N–H and O–H groups in total. The molecule has 0 unspecified atom stereocenters. The van der Waals surface area contributed by atoms with E-state index < -0.39 is 5.97 Å². The van der Waals surface area contributed by atoms with E-state index in [9.17, 15) is 9.59 Å². The van der Waals surface area contributed by atoms with Crippen molar-refractivity contribution in [1.82, 2.24) is 0 Å². The van der Waals surface area contributed by atoms with Gasteiger partial charge in [-0.25, -0.2) is 0 Å². The average Bonchev–Trinajstić information content (AvgIpc) is 2.75. The molecule has 5 heteroatoms. The summed E-state index contributed by atoms with van der Waals surface area (Å²) in [7, 11) is 0. The maximum absolute atomic E-state index is 12.0. The number of carbonyl (C=O) groups excluding carboxylic acids is 2. The summed E-state index contributed by atoms with van der Waals surface area (Å²) in [5.74, 6) is 0.644. The molecular weight excluding hydrogens is 366 g/mol. The zero-order valence-corrected chi connectivity index (χ0v) is 16.2. The van der Waals surface area contributed by atoms with E-state index in [1.54, 1.807) is 24.3 Å². The predicted molar refractivity (Wildman–Crippen MR) is 112 cm³/mol. The second-order valence-electron chi connectivity index (χ2n) is 6.66. The van der Waals surface area contributed by atoms with Crippen molar-refractivity contribution in [3.8, 4) is 11.5 Å². The van der Waals surface area contributed by atoms with Crippen LogP contribution in [0.3, 0.4) is 0 Å². The second-order valence-corrected chi connectivity index (χ2v) is 6.66. The standard InChI is InChI=1S/C24H23NO4/c1-18(19-8-4-2-5-9-19)16-24(27)28-17-23(26)25-20-12-14-22(15-13-20)29-21-10-6-3-7-11-21/h2-15,18H,16-17H2,1H3,(H,25,26)/t18-/m0/s1. The first-order valence-corrected chi connectivity index (χ1v) is 9.43.